The summed E-state index contributed by atoms with van der Waals surface area (Å²) in [5, 5.41) is 0. The summed E-state index contributed by atoms with van der Waals surface area (Å²) in [6.45, 7) is 4.04. The summed E-state index contributed by atoms with van der Waals surface area (Å²) >= 11 is 0. The molecule has 0 aromatic heterocycles. The molecule has 2 amide bonds. The number of carbonyl (C=O) groups is 2. The molecular formula is C18H24N2O4. The molecule has 1 N–H and O–H groups in total. The highest BCUT2D eigenvalue weighted by Gasteiger charge is 2.26. The Bertz CT molecular complexity index is 565. The Kier molecular flexibility index (Phi) is 6.66. The van der Waals surface area contributed by atoms with Crippen molar-refractivity contribution in [2.75, 3.05) is 13.7 Å². The first kappa shape index (κ1) is 17.8. The summed E-state index contributed by atoms with van der Waals surface area (Å²) in [6.07, 6.45) is 5.61. The van der Waals surface area contributed by atoms with Crippen molar-refractivity contribution in [1.82, 2.24) is 10.4 Å². The van der Waals surface area contributed by atoms with Crippen LogP contribution in [0.25, 0.3) is 11.1 Å². The molecule has 24 heavy (non-hydrogen) atoms. The fourth-order valence-corrected chi connectivity index (χ4v) is 2.77. The second-order valence-corrected chi connectivity index (χ2v) is 5.78. The van der Waals surface area contributed by atoms with E-state index in [2.05, 4.69) is 40.4 Å². The molecule has 0 aromatic carbocycles. The van der Waals surface area contributed by atoms with Crippen LogP contribution < -0.4 is 5.48 Å². The molecule has 0 spiro atoms. The zero-order valence-corrected chi connectivity index (χ0v) is 14.0. The van der Waals surface area contributed by atoms with Crippen LogP contribution in [-0.2, 0) is 9.57 Å². The summed E-state index contributed by atoms with van der Waals surface area (Å²) in [7, 11) is 1.20. The van der Waals surface area contributed by atoms with E-state index in [1.807, 2.05) is 5.48 Å². The van der Waals surface area contributed by atoms with Crippen molar-refractivity contribution in [2.24, 2.45) is 0 Å². The van der Waals surface area contributed by atoms with Crippen LogP contribution in [-0.4, -0.2) is 36.8 Å². The Morgan fingerprint density at radius 1 is 1.29 bits per heavy atom. The van der Waals surface area contributed by atoms with Crippen molar-refractivity contribution in [3.8, 4) is 11.1 Å². The molecule has 0 aliphatic heterocycles. The molecule has 0 heterocycles. The highest BCUT2D eigenvalue weighted by molar-refractivity contribution is 5.80. The number of carbonyl (C=O) groups excluding carboxylic acids is 2. The van der Waals surface area contributed by atoms with E-state index in [0.29, 0.717) is 6.54 Å². The number of nitrogens with one attached hydrogen (secondary N) is 1. The minimum Gasteiger partial charge on any atom is -0.451 e. The van der Waals surface area contributed by atoms with Gasteiger partial charge in [0.05, 0.1) is 7.11 Å². The molecular weight excluding hydrogens is 308 g/mol. The van der Waals surface area contributed by atoms with E-state index < -0.39 is 12.2 Å². The van der Waals surface area contributed by atoms with E-state index >= 15 is 0 Å². The summed E-state index contributed by atoms with van der Waals surface area (Å²) in [4.78, 5) is 28.9. The van der Waals surface area contributed by atoms with Gasteiger partial charge in [0.15, 0.2) is 0 Å². The molecule has 0 atom stereocenters. The number of hydrogen-bond donors (Lipinski definition) is 1. The average Bonchev–Trinajstić information content (AvgIpc) is 3.23. The van der Waals surface area contributed by atoms with Crippen LogP contribution in [0, 0.1) is 0 Å². The molecule has 0 radical (unpaired) electrons. The van der Waals surface area contributed by atoms with Gasteiger partial charge in [0, 0.05) is 12.6 Å². The third kappa shape index (κ3) is 5.30. The van der Waals surface area contributed by atoms with Crippen LogP contribution in [0.5, 0.6) is 0 Å². The lowest BCUT2D eigenvalue weighted by molar-refractivity contribution is 0.0375. The number of ether oxygens (including phenoxy) is 1. The third-order valence-corrected chi connectivity index (χ3v) is 4.10. The predicted octanol–water partition coefficient (Wildman–Crippen LogP) is 3.88. The second-order valence-electron chi connectivity index (χ2n) is 5.78. The number of rotatable bonds is 3. The fourth-order valence-electron chi connectivity index (χ4n) is 2.77. The van der Waals surface area contributed by atoms with Crippen molar-refractivity contribution in [3.63, 3.8) is 0 Å². The van der Waals surface area contributed by atoms with Crippen LogP contribution in [0.15, 0.2) is 36.9 Å². The van der Waals surface area contributed by atoms with Crippen LogP contribution in [0.1, 0.15) is 32.1 Å². The zero-order valence-electron chi connectivity index (χ0n) is 14.0. The molecule has 3 aliphatic carbocycles. The van der Waals surface area contributed by atoms with E-state index in [1.165, 1.54) is 24.7 Å². The molecule has 0 aromatic rings. The number of benzene rings is 1. The maximum Gasteiger partial charge on any atom is 0.440 e. The van der Waals surface area contributed by atoms with Crippen LogP contribution >= 0.6 is 0 Å². The Hall–Kier alpha value is -2.50. The first-order valence-electron chi connectivity index (χ1n) is 8.18. The smallest absolute Gasteiger partial charge is 0.440 e. The Morgan fingerprint density at radius 2 is 1.96 bits per heavy atom. The van der Waals surface area contributed by atoms with Crippen molar-refractivity contribution < 1.29 is 19.2 Å². The lowest BCUT2D eigenvalue weighted by atomic mass is 9.94. The SMILES string of the molecule is C=CCN(C(=O)ONC(=O)OC)C1CCCCC1.c1cc2cc-2c1. The van der Waals surface area contributed by atoms with Crippen LogP contribution in [0.3, 0.4) is 0 Å². The van der Waals surface area contributed by atoms with Gasteiger partial charge >= 0.3 is 12.2 Å². The number of methoxy groups -OCH3 is 1. The first-order valence-corrected chi connectivity index (χ1v) is 8.18. The molecule has 3 aliphatic rings. The number of hydrogen-bond acceptors (Lipinski definition) is 4. The summed E-state index contributed by atoms with van der Waals surface area (Å²) in [6, 6.07) is 8.64. The lowest BCUT2D eigenvalue weighted by Crippen LogP contribution is -2.44. The van der Waals surface area contributed by atoms with Gasteiger partial charge in [-0.1, -0.05) is 43.5 Å². The minimum atomic E-state index is -0.800. The molecule has 6 heteroatoms. The second kappa shape index (κ2) is 8.96. The van der Waals surface area contributed by atoms with Gasteiger partial charge in [-0.2, -0.15) is 0 Å². The number of hydroxylamine groups is 1. The van der Waals surface area contributed by atoms with Crippen LogP contribution in [0.2, 0.25) is 0 Å². The van der Waals surface area contributed by atoms with Crippen molar-refractivity contribution in [3.05, 3.63) is 36.9 Å². The monoisotopic (exact) mass is 332 g/mol. The Morgan fingerprint density at radius 3 is 2.42 bits per heavy atom. The molecule has 130 valence electrons. The fraction of sp³-hybridized carbons (Fsp3) is 0.444. The highest BCUT2D eigenvalue weighted by atomic mass is 16.7. The van der Waals surface area contributed by atoms with Crippen molar-refractivity contribution >= 4 is 12.2 Å². The quantitative estimate of drug-likeness (QED) is 0.684. The number of fused-ring (bicyclic) bond motifs is 1. The van der Waals surface area contributed by atoms with Gasteiger partial charge < -0.3 is 9.57 Å². The van der Waals surface area contributed by atoms with Gasteiger partial charge in [0.1, 0.15) is 0 Å². The maximum atomic E-state index is 11.8. The average molecular weight is 332 g/mol. The van der Waals surface area contributed by atoms with Crippen molar-refractivity contribution in [1.29, 1.82) is 0 Å². The van der Waals surface area contributed by atoms with Gasteiger partial charge in [-0.05, 0) is 30.0 Å². The lowest BCUT2D eigenvalue weighted by Gasteiger charge is -2.32. The topological polar surface area (TPSA) is 67.9 Å². The first-order chi connectivity index (χ1) is 11.7. The molecule has 1 saturated carbocycles. The largest absolute Gasteiger partial charge is 0.451 e. The number of nitrogens with zero attached hydrogens (tertiary/aromatic N) is 1. The molecule has 0 unspecified atom stereocenters. The van der Waals surface area contributed by atoms with Gasteiger partial charge in [-0.25, -0.2) is 9.59 Å². The van der Waals surface area contributed by atoms with Gasteiger partial charge in [0.25, 0.3) is 0 Å². The molecule has 1 fully saturated rings. The summed E-state index contributed by atoms with van der Waals surface area (Å²) < 4.78 is 4.32. The Balaban J connectivity index is 0.000000282. The summed E-state index contributed by atoms with van der Waals surface area (Å²) in [5.74, 6) is 0. The maximum absolute atomic E-state index is 11.8. The van der Waals surface area contributed by atoms with Crippen molar-refractivity contribution in [2.45, 2.75) is 38.1 Å². The zero-order chi connectivity index (χ0) is 17.4. The van der Waals surface area contributed by atoms with Gasteiger partial charge in [-0.15, -0.1) is 12.1 Å². The van der Waals surface area contributed by atoms with Gasteiger partial charge in [-0.3, -0.25) is 4.90 Å². The molecule has 6 nitrogen and oxygen atoms in total. The normalized spacial score (nSPS) is 14.5. The van der Waals surface area contributed by atoms with E-state index in [1.54, 1.807) is 11.0 Å². The minimum absolute atomic E-state index is 0.156. The summed E-state index contributed by atoms with van der Waals surface area (Å²) in [5.41, 5.74) is 4.78. The van der Waals surface area contributed by atoms with E-state index in [0.717, 1.165) is 25.7 Å². The molecule has 0 bridgehead atoms. The van der Waals surface area contributed by atoms with E-state index in [4.69, 9.17) is 0 Å². The standard InChI is InChI=1S/C12H20N2O4.C6H4/c1-3-9-14(10-7-5-4-6-8-10)12(16)18-13-11(15)17-2;1-2-5-4-6(5)3-1/h3,10H,1,4-9H2,2H3,(H,13,15);1-4H. The van der Waals surface area contributed by atoms with Gasteiger partial charge in [0.2, 0.25) is 0 Å². The predicted molar refractivity (Wildman–Crippen MR) is 91.2 cm³/mol. The Labute approximate surface area is 142 Å². The number of amides is 2. The van der Waals surface area contributed by atoms with E-state index in [9.17, 15) is 9.59 Å². The molecule has 3 rings (SSSR count). The molecule has 0 saturated heterocycles. The third-order valence-electron chi connectivity index (χ3n) is 4.10. The highest BCUT2D eigenvalue weighted by Crippen LogP contribution is 2.32. The van der Waals surface area contributed by atoms with E-state index in [-0.39, 0.29) is 6.04 Å². The van der Waals surface area contributed by atoms with Crippen LogP contribution in [0.4, 0.5) is 9.59 Å².